The van der Waals surface area contributed by atoms with Crippen LogP contribution in [0.25, 0.3) is 0 Å². The van der Waals surface area contributed by atoms with E-state index in [-0.39, 0.29) is 24.4 Å². The van der Waals surface area contributed by atoms with Crippen LogP contribution in [0.2, 0.25) is 0 Å². The molecule has 0 aliphatic rings. The molecule has 0 rings (SSSR count). The summed E-state index contributed by atoms with van der Waals surface area (Å²) in [5, 5.41) is 3.16. The Morgan fingerprint density at radius 2 is 1.75 bits per heavy atom. The summed E-state index contributed by atoms with van der Waals surface area (Å²) in [5.74, 6) is 0.320. The van der Waals surface area contributed by atoms with Crippen LogP contribution in [-0.4, -0.2) is 43.2 Å². The Bertz CT molecular complexity index is 291. The maximum absolute atomic E-state index is 12.1. The number of nitrogens with one attached hydrogen (secondary N) is 1. The van der Waals surface area contributed by atoms with Crippen molar-refractivity contribution < 1.29 is 18.0 Å². The number of alkyl halides is 3. The highest BCUT2D eigenvalue weighted by Crippen LogP contribution is 2.22. The number of amides is 1. The number of nitrogens with zero attached hydrogens (tertiary/aromatic N) is 1. The van der Waals surface area contributed by atoms with Crippen LogP contribution in [0.4, 0.5) is 13.2 Å². The molecule has 0 heterocycles. The van der Waals surface area contributed by atoms with Crippen molar-refractivity contribution in [3.8, 4) is 0 Å². The lowest BCUT2D eigenvalue weighted by atomic mass is 10.0. The van der Waals surface area contributed by atoms with Gasteiger partial charge in [0.1, 0.15) is 0 Å². The molecule has 0 saturated carbocycles. The van der Waals surface area contributed by atoms with Crippen LogP contribution in [0, 0.1) is 5.92 Å². The van der Waals surface area contributed by atoms with Gasteiger partial charge in [0.2, 0.25) is 5.91 Å². The van der Waals surface area contributed by atoms with Crippen LogP contribution < -0.4 is 5.32 Å². The second-order valence-electron chi connectivity index (χ2n) is 5.99. The predicted molar refractivity (Wildman–Crippen MR) is 74.4 cm³/mol. The van der Waals surface area contributed by atoms with Crippen molar-refractivity contribution in [1.82, 2.24) is 10.2 Å². The first-order valence-corrected chi connectivity index (χ1v) is 7.07. The first-order chi connectivity index (χ1) is 9.03. The summed E-state index contributed by atoms with van der Waals surface area (Å²) < 4.78 is 36.3. The highest BCUT2D eigenvalue weighted by atomic mass is 19.4. The lowest BCUT2D eigenvalue weighted by Gasteiger charge is -2.26. The van der Waals surface area contributed by atoms with Gasteiger partial charge in [0.05, 0.1) is 6.04 Å². The molecule has 0 aliphatic heterocycles. The Morgan fingerprint density at radius 1 is 1.20 bits per heavy atom. The second-order valence-corrected chi connectivity index (χ2v) is 5.99. The fourth-order valence-corrected chi connectivity index (χ4v) is 2.06. The number of halogens is 3. The molecule has 6 heteroatoms. The zero-order valence-corrected chi connectivity index (χ0v) is 13.0. The molecule has 1 N–H and O–H groups in total. The summed E-state index contributed by atoms with van der Waals surface area (Å²) in [6.07, 6.45) is -3.69. The molecule has 0 aromatic carbocycles. The third-order valence-corrected chi connectivity index (χ3v) is 3.03. The van der Waals surface area contributed by atoms with E-state index in [1.54, 1.807) is 14.1 Å². The van der Waals surface area contributed by atoms with Crippen molar-refractivity contribution in [3.63, 3.8) is 0 Å². The average molecular weight is 296 g/mol. The number of carbonyl (C=O) groups is 1. The van der Waals surface area contributed by atoms with E-state index in [4.69, 9.17) is 0 Å². The highest BCUT2D eigenvalue weighted by Gasteiger charge is 2.27. The maximum atomic E-state index is 12.1. The summed E-state index contributed by atoms with van der Waals surface area (Å²) in [6.45, 7) is 5.87. The van der Waals surface area contributed by atoms with Gasteiger partial charge in [-0.1, -0.05) is 13.8 Å². The minimum atomic E-state index is -4.10. The molecule has 0 radical (unpaired) electrons. The summed E-state index contributed by atoms with van der Waals surface area (Å²) in [7, 11) is 3.37. The van der Waals surface area contributed by atoms with Gasteiger partial charge in [-0.05, 0) is 32.1 Å². The van der Waals surface area contributed by atoms with E-state index in [1.165, 1.54) is 4.90 Å². The third kappa shape index (κ3) is 9.18. The second kappa shape index (κ2) is 8.49. The van der Waals surface area contributed by atoms with Crippen molar-refractivity contribution in [2.24, 2.45) is 5.92 Å². The Labute approximate surface area is 119 Å². The van der Waals surface area contributed by atoms with Crippen LogP contribution in [0.15, 0.2) is 0 Å². The SMILES string of the molecule is CC(C)CC(NC(C)CCCC(F)(F)F)C(=O)N(C)C. The summed E-state index contributed by atoms with van der Waals surface area (Å²) in [5.41, 5.74) is 0. The minimum Gasteiger partial charge on any atom is -0.347 e. The Kier molecular flexibility index (Phi) is 8.16. The molecular formula is C14H27F3N2O. The van der Waals surface area contributed by atoms with Gasteiger partial charge in [0.25, 0.3) is 0 Å². The minimum absolute atomic E-state index is 0.0265. The maximum Gasteiger partial charge on any atom is 0.389 e. The smallest absolute Gasteiger partial charge is 0.347 e. The van der Waals surface area contributed by atoms with E-state index >= 15 is 0 Å². The molecule has 120 valence electrons. The lowest BCUT2D eigenvalue weighted by Crippen LogP contribution is -2.47. The van der Waals surface area contributed by atoms with E-state index in [0.717, 1.165) is 0 Å². The topological polar surface area (TPSA) is 32.3 Å². The van der Waals surface area contributed by atoms with Crippen LogP contribution in [0.3, 0.4) is 0 Å². The Balaban J connectivity index is 4.32. The van der Waals surface area contributed by atoms with Gasteiger partial charge in [-0.25, -0.2) is 0 Å². The van der Waals surface area contributed by atoms with Crippen LogP contribution in [0.1, 0.15) is 46.5 Å². The van der Waals surface area contributed by atoms with Crippen molar-refractivity contribution >= 4 is 5.91 Å². The van der Waals surface area contributed by atoms with Gasteiger partial charge in [-0.15, -0.1) is 0 Å². The molecule has 3 nitrogen and oxygen atoms in total. The monoisotopic (exact) mass is 296 g/mol. The zero-order chi connectivity index (χ0) is 15.9. The molecule has 2 unspecified atom stereocenters. The average Bonchev–Trinajstić information content (AvgIpc) is 2.24. The highest BCUT2D eigenvalue weighted by molar-refractivity contribution is 5.81. The standard InChI is InChI=1S/C14H27F3N2O/c1-10(2)9-12(13(20)19(4)5)18-11(3)7-6-8-14(15,16)17/h10-12,18H,6-9H2,1-5H3. The summed E-state index contributed by atoms with van der Waals surface area (Å²) >= 11 is 0. The van der Waals surface area contributed by atoms with Crippen LogP contribution >= 0.6 is 0 Å². The van der Waals surface area contributed by atoms with Crippen molar-refractivity contribution in [2.75, 3.05) is 14.1 Å². The zero-order valence-electron chi connectivity index (χ0n) is 13.0. The molecule has 0 fully saturated rings. The number of carbonyl (C=O) groups excluding carboxylic acids is 1. The molecule has 20 heavy (non-hydrogen) atoms. The number of hydrogen-bond acceptors (Lipinski definition) is 2. The van der Waals surface area contributed by atoms with E-state index < -0.39 is 12.6 Å². The summed E-state index contributed by atoms with van der Waals surface area (Å²) in [6, 6.07) is -0.434. The van der Waals surface area contributed by atoms with E-state index in [1.807, 2.05) is 20.8 Å². The summed E-state index contributed by atoms with van der Waals surface area (Å²) in [4.78, 5) is 13.5. The number of likely N-dealkylation sites (N-methyl/N-ethyl adjacent to an activating group) is 1. The molecule has 0 aromatic heterocycles. The molecule has 0 aromatic rings. The number of rotatable bonds is 8. The normalized spacial score (nSPS) is 15.2. The Morgan fingerprint density at radius 3 is 2.15 bits per heavy atom. The third-order valence-electron chi connectivity index (χ3n) is 3.03. The van der Waals surface area contributed by atoms with E-state index in [2.05, 4.69) is 5.32 Å². The first kappa shape index (κ1) is 19.2. The van der Waals surface area contributed by atoms with Crippen molar-refractivity contribution in [3.05, 3.63) is 0 Å². The first-order valence-electron chi connectivity index (χ1n) is 7.07. The largest absolute Gasteiger partial charge is 0.389 e. The van der Waals surface area contributed by atoms with Gasteiger partial charge in [0, 0.05) is 26.6 Å². The lowest BCUT2D eigenvalue weighted by molar-refractivity contribution is -0.136. The van der Waals surface area contributed by atoms with Crippen molar-refractivity contribution in [2.45, 2.75) is 64.7 Å². The predicted octanol–water partition coefficient (Wildman–Crippen LogP) is 3.20. The molecule has 0 bridgehead atoms. The molecular weight excluding hydrogens is 269 g/mol. The van der Waals surface area contributed by atoms with E-state index in [9.17, 15) is 18.0 Å². The van der Waals surface area contributed by atoms with Gasteiger partial charge in [0.15, 0.2) is 0 Å². The fourth-order valence-electron chi connectivity index (χ4n) is 2.06. The van der Waals surface area contributed by atoms with Gasteiger partial charge in [-0.2, -0.15) is 13.2 Å². The number of hydrogen-bond donors (Lipinski definition) is 1. The van der Waals surface area contributed by atoms with Gasteiger partial charge in [-0.3, -0.25) is 4.79 Å². The molecule has 2 atom stereocenters. The molecule has 1 amide bonds. The fraction of sp³-hybridized carbons (Fsp3) is 0.929. The molecule has 0 spiro atoms. The van der Waals surface area contributed by atoms with E-state index in [0.29, 0.717) is 18.8 Å². The molecule has 0 aliphatic carbocycles. The van der Waals surface area contributed by atoms with Gasteiger partial charge >= 0.3 is 6.18 Å². The molecule has 0 saturated heterocycles. The van der Waals surface area contributed by atoms with Crippen molar-refractivity contribution in [1.29, 1.82) is 0 Å². The quantitative estimate of drug-likeness (QED) is 0.746. The Hall–Kier alpha value is -0.780. The van der Waals surface area contributed by atoms with Crippen LogP contribution in [0.5, 0.6) is 0 Å². The van der Waals surface area contributed by atoms with Crippen LogP contribution in [-0.2, 0) is 4.79 Å². The van der Waals surface area contributed by atoms with Gasteiger partial charge < -0.3 is 10.2 Å².